The summed E-state index contributed by atoms with van der Waals surface area (Å²) in [6.45, 7) is 4.46. The second-order valence-corrected chi connectivity index (χ2v) is 7.15. The van der Waals surface area contributed by atoms with Crippen molar-refractivity contribution >= 4 is 38.6 Å². The number of imidazole rings is 1. The lowest BCUT2D eigenvalue weighted by Gasteiger charge is -2.15. The summed E-state index contributed by atoms with van der Waals surface area (Å²) >= 11 is 9.48. The molecular weight excluding hydrogens is 388 g/mol. The zero-order chi connectivity index (χ0) is 17.3. The Bertz CT molecular complexity index is 871. The summed E-state index contributed by atoms with van der Waals surface area (Å²) in [5, 5.41) is 0.662. The van der Waals surface area contributed by atoms with Crippen molar-refractivity contribution in [3.8, 4) is 11.8 Å². The quantitative estimate of drug-likeness (QED) is 0.471. The molecule has 0 aliphatic heterocycles. The van der Waals surface area contributed by atoms with E-state index in [0.29, 0.717) is 22.7 Å². The van der Waals surface area contributed by atoms with E-state index in [9.17, 15) is 0 Å². The first-order chi connectivity index (χ1) is 11.5. The number of para-hydroxylation sites is 1. The first-order valence-electron chi connectivity index (χ1n) is 8.13. The van der Waals surface area contributed by atoms with Crippen molar-refractivity contribution in [2.75, 3.05) is 0 Å². The van der Waals surface area contributed by atoms with Crippen molar-refractivity contribution in [3.05, 3.63) is 51.5 Å². The number of fused-ring (bicyclic) bond motifs is 1. The first kappa shape index (κ1) is 17.3. The maximum Gasteiger partial charge on any atom is 0.302 e. The van der Waals surface area contributed by atoms with Crippen molar-refractivity contribution in [1.29, 1.82) is 0 Å². The summed E-state index contributed by atoms with van der Waals surface area (Å²) in [5.41, 5.74) is 3.44. The summed E-state index contributed by atoms with van der Waals surface area (Å²) in [5.74, 6) is 1.22. The summed E-state index contributed by atoms with van der Waals surface area (Å²) in [7, 11) is 2.00. The molecule has 0 radical (unpaired) electrons. The Hall–Kier alpha value is -1.52. The van der Waals surface area contributed by atoms with Gasteiger partial charge >= 0.3 is 6.01 Å². The highest BCUT2D eigenvalue weighted by Gasteiger charge is 2.18. The molecule has 0 aliphatic carbocycles. The Morgan fingerprint density at radius 1 is 1.21 bits per heavy atom. The maximum atomic E-state index is 6.03. The highest BCUT2D eigenvalue weighted by Crippen LogP contribution is 2.35. The molecule has 3 nitrogen and oxygen atoms in total. The van der Waals surface area contributed by atoms with Crippen LogP contribution in [0, 0.1) is 0 Å². The number of benzene rings is 2. The van der Waals surface area contributed by atoms with E-state index in [4.69, 9.17) is 16.3 Å². The van der Waals surface area contributed by atoms with Gasteiger partial charge in [0, 0.05) is 12.1 Å². The van der Waals surface area contributed by atoms with Gasteiger partial charge in [-0.1, -0.05) is 37.6 Å². The normalized spacial score (nSPS) is 11.4. The van der Waals surface area contributed by atoms with Gasteiger partial charge in [0.25, 0.3) is 0 Å². The molecule has 3 rings (SSSR count). The zero-order valence-electron chi connectivity index (χ0n) is 14.0. The largest absolute Gasteiger partial charge is 0.424 e. The van der Waals surface area contributed by atoms with Gasteiger partial charge in [-0.2, -0.15) is 4.98 Å². The van der Waals surface area contributed by atoms with E-state index in [1.54, 1.807) is 6.07 Å². The van der Waals surface area contributed by atoms with Crippen LogP contribution in [0.3, 0.4) is 0 Å². The summed E-state index contributed by atoms with van der Waals surface area (Å²) in [4.78, 5) is 4.67. The van der Waals surface area contributed by atoms with Gasteiger partial charge in [-0.05, 0) is 64.5 Å². The van der Waals surface area contributed by atoms with E-state index in [0.717, 1.165) is 28.3 Å². The van der Waals surface area contributed by atoms with Crippen molar-refractivity contribution in [2.24, 2.45) is 7.05 Å². The van der Waals surface area contributed by atoms with E-state index in [1.165, 1.54) is 5.56 Å². The second-order valence-electron chi connectivity index (χ2n) is 5.86. The van der Waals surface area contributed by atoms with Crippen LogP contribution in [0.4, 0.5) is 0 Å². The van der Waals surface area contributed by atoms with Crippen LogP contribution in [0.2, 0.25) is 5.02 Å². The van der Waals surface area contributed by atoms with Crippen LogP contribution < -0.4 is 4.74 Å². The molecule has 0 atom stereocenters. The summed E-state index contributed by atoms with van der Waals surface area (Å²) < 4.78 is 8.87. The predicted octanol–water partition coefficient (Wildman–Crippen LogP) is 6.69. The molecule has 3 aromatic rings. The number of nitrogens with zero attached hydrogens (tertiary/aromatic N) is 2. The van der Waals surface area contributed by atoms with Crippen LogP contribution in [0.1, 0.15) is 38.2 Å². The van der Waals surface area contributed by atoms with Crippen LogP contribution in [-0.4, -0.2) is 9.55 Å². The molecule has 1 aromatic heterocycles. The molecule has 0 amide bonds. The number of rotatable bonds is 5. The molecule has 0 saturated heterocycles. The molecule has 0 fully saturated rings. The summed E-state index contributed by atoms with van der Waals surface area (Å²) in [6.07, 6.45) is 2.22. The number of hydrogen-bond donors (Lipinski definition) is 0. The molecule has 126 valence electrons. The molecule has 0 N–H and O–H groups in total. The van der Waals surface area contributed by atoms with Gasteiger partial charge in [-0.25, -0.2) is 0 Å². The second kappa shape index (κ2) is 7.16. The Kier molecular flexibility index (Phi) is 5.16. The third-order valence-electron chi connectivity index (χ3n) is 4.40. The standard InChI is InChI=1S/C19H20BrClN2O/c1-4-12(5-2)14-7-6-8-16-18(14)23(3)19(22-16)24-17-10-9-13(21)11-15(17)20/h6-12H,4-5H2,1-3H3. The fraction of sp³-hybridized carbons (Fsp3) is 0.316. The Morgan fingerprint density at radius 2 is 1.96 bits per heavy atom. The third kappa shape index (κ3) is 3.17. The molecule has 0 saturated carbocycles. The topological polar surface area (TPSA) is 27.1 Å². The minimum Gasteiger partial charge on any atom is -0.424 e. The molecule has 0 aliphatic rings. The highest BCUT2D eigenvalue weighted by atomic mass is 79.9. The van der Waals surface area contributed by atoms with Gasteiger partial charge in [0.1, 0.15) is 5.75 Å². The number of halogens is 2. The average Bonchev–Trinajstić information content (AvgIpc) is 2.88. The van der Waals surface area contributed by atoms with E-state index >= 15 is 0 Å². The third-order valence-corrected chi connectivity index (χ3v) is 5.26. The fourth-order valence-corrected chi connectivity index (χ4v) is 3.85. The Morgan fingerprint density at radius 3 is 2.62 bits per heavy atom. The molecule has 24 heavy (non-hydrogen) atoms. The molecule has 2 aromatic carbocycles. The van der Waals surface area contributed by atoms with Crippen molar-refractivity contribution < 1.29 is 4.74 Å². The van der Waals surface area contributed by atoms with Crippen LogP contribution >= 0.6 is 27.5 Å². The minimum absolute atomic E-state index is 0.527. The number of ether oxygens (including phenoxy) is 1. The lowest BCUT2D eigenvalue weighted by atomic mass is 9.93. The molecule has 0 unspecified atom stereocenters. The number of aromatic nitrogens is 2. The van der Waals surface area contributed by atoms with Crippen LogP contribution in [0.5, 0.6) is 11.8 Å². The average molecular weight is 408 g/mol. The molecular formula is C19H20BrClN2O. The van der Waals surface area contributed by atoms with E-state index in [1.807, 2.05) is 29.8 Å². The summed E-state index contributed by atoms with van der Waals surface area (Å²) in [6, 6.07) is 12.3. The van der Waals surface area contributed by atoms with Crippen LogP contribution in [-0.2, 0) is 7.05 Å². The van der Waals surface area contributed by atoms with Crippen LogP contribution in [0.25, 0.3) is 11.0 Å². The first-order valence-corrected chi connectivity index (χ1v) is 9.30. The molecule has 0 spiro atoms. The molecule has 5 heteroatoms. The van der Waals surface area contributed by atoms with E-state index < -0.39 is 0 Å². The lowest BCUT2D eigenvalue weighted by Crippen LogP contribution is -2.01. The number of hydrogen-bond acceptors (Lipinski definition) is 2. The highest BCUT2D eigenvalue weighted by molar-refractivity contribution is 9.10. The molecule has 0 bridgehead atoms. The zero-order valence-corrected chi connectivity index (χ0v) is 16.4. The predicted molar refractivity (Wildman–Crippen MR) is 103 cm³/mol. The van der Waals surface area contributed by atoms with Crippen molar-refractivity contribution in [2.45, 2.75) is 32.6 Å². The SMILES string of the molecule is CCC(CC)c1cccc2nc(Oc3ccc(Cl)cc3Br)n(C)c12. The van der Waals surface area contributed by atoms with Crippen molar-refractivity contribution in [1.82, 2.24) is 9.55 Å². The molecule has 1 heterocycles. The van der Waals surface area contributed by atoms with Crippen LogP contribution in [0.15, 0.2) is 40.9 Å². The van der Waals surface area contributed by atoms with Gasteiger partial charge in [0.15, 0.2) is 0 Å². The Balaban J connectivity index is 2.07. The van der Waals surface area contributed by atoms with Gasteiger partial charge in [0.05, 0.1) is 15.5 Å². The fourth-order valence-electron chi connectivity index (χ4n) is 3.08. The monoisotopic (exact) mass is 406 g/mol. The Labute approximate surface area is 155 Å². The van der Waals surface area contributed by atoms with Gasteiger partial charge in [-0.15, -0.1) is 0 Å². The smallest absolute Gasteiger partial charge is 0.302 e. The maximum absolute atomic E-state index is 6.03. The van der Waals surface area contributed by atoms with Gasteiger partial charge in [0.2, 0.25) is 0 Å². The van der Waals surface area contributed by atoms with E-state index in [2.05, 4.69) is 46.9 Å². The van der Waals surface area contributed by atoms with Crippen molar-refractivity contribution in [3.63, 3.8) is 0 Å². The number of aryl methyl sites for hydroxylation is 1. The lowest BCUT2D eigenvalue weighted by molar-refractivity contribution is 0.425. The van der Waals surface area contributed by atoms with Gasteiger partial charge in [-0.3, -0.25) is 4.57 Å². The van der Waals surface area contributed by atoms with E-state index in [-0.39, 0.29) is 0 Å². The minimum atomic E-state index is 0.527. The van der Waals surface area contributed by atoms with Gasteiger partial charge < -0.3 is 4.74 Å².